The van der Waals surface area contributed by atoms with Gasteiger partial charge in [-0.15, -0.1) is 0 Å². The van der Waals surface area contributed by atoms with E-state index in [1.807, 2.05) is 0 Å². The van der Waals surface area contributed by atoms with E-state index in [2.05, 4.69) is 0 Å². The topological polar surface area (TPSA) is 80.4 Å². The van der Waals surface area contributed by atoms with E-state index in [4.69, 9.17) is 5.14 Å². The maximum absolute atomic E-state index is 11.5. The van der Waals surface area contributed by atoms with Gasteiger partial charge in [0.2, 0.25) is 10.0 Å². The van der Waals surface area contributed by atoms with Gasteiger partial charge in [-0.2, -0.15) is 0 Å². The molecule has 0 amide bonds. The monoisotopic (exact) mass is 269 g/mol. The van der Waals surface area contributed by atoms with Crippen molar-refractivity contribution < 1.29 is 13.5 Å². The van der Waals surface area contributed by atoms with Gasteiger partial charge in [-0.05, 0) is 24.0 Å². The van der Waals surface area contributed by atoms with Crippen molar-refractivity contribution in [3.8, 4) is 5.75 Å². The molecular weight excluding hydrogens is 250 g/mol. The minimum atomic E-state index is -3.77. The van der Waals surface area contributed by atoms with Gasteiger partial charge < -0.3 is 5.11 Å². The molecule has 0 spiro atoms. The van der Waals surface area contributed by atoms with Crippen LogP contribution in [0.4, 0.5) is 0 Å². The van der Waals surface area contributed by atoms with Crippen LogP contribution in [0, 0.1) is 5.92 Å². The minimum absolute atomic E-state index is 0.0630. The van der Waals surface area contributed by atoms with Crippen LogP contribution in [0.15, 0.2) is 23.1 Å². The number of aromatic hydroxyl groups is 1. The summed E-state index contributed by atoms with van der Waals surface area (Å²) in [6.07, 6.45) is 6.72. The first kappa shape index (κ1) is 13.4. The number of phenols is 1. The molecule has 1 aromatic rings. The summed E-state index contributed by atoms with van der Waals surface area (Å²) >= 11 is 0. The van der Waals surface area contributed by atoms with E-state index in [1.54, 1.807) is 6.07 Å². The van der Waals surface area contributed by atoms with Crippen LogP contribution in [0.3, 0.4) is 0 Å². The van der Waals surface area contributed by atoms with E-state index in [1.165, 1.54) is 31.4 Å². The lowest BCUT2D eigenvalue weighted by atomic mass is 9.85. The molecule has 18 heavy (non-hydrogen) atoms. The van der Waals surface area contributed by atoms with E-state index < -0.39 is 10.0 Å². The summed E-state index contributed by atoms with van der Waals surface area (Å²) in [4.78, 5) is 0.0630. The van der Waals surface area contributed by atoms with Crippen LogP contribution >= 0.6 is 0 Å². The molecule has 4 nitrogen and oxygen atoms in total. The second-order valence-electron chi connectivity index (χ2n) is 5.05. The molecule has 0 aliphatic heterocycles. The molecule has 0 saturated heterocycles. The Bertz CT molecular complexity index is 519. The predicted molar refractivity (Wildman–Crippen MR) is 69.8 cm³/mol. The van der Waals surface area contributed by atoms with Crippen molar-refractivity contribution in [1.82, 2.24) is 0 Å². The van der Waals surface area contributed by atoms with Gasteiger partial charge in [0.25, 0.3) is 0 Å². The first-order valence-electron chi connectivity index (χ1n) is 6.31. The summed E-state index contributed by atoms with van der Waals surface area (Å²) in [6.45, 7) is 0. The molecule has 100 valence electrons. The Kier molecular flexibility index (Phi) is 3.92. The molecule has 0 unspecified atom stereocenters. The SMILES string of the molecule is NS(=O)(=O)c1cc(O)ccc1CC1CCCCC1. The summed E-state index contributed by atoms with van der Waals surface area (Å²) in [6, 6.07) is 4.43. The highest BCUT2D eigenvalue weighted by molar-refractivity contribution is 7.89. The molecule has 2 rings (SSSR count). The normalized spacial score (nSPS) is 17.8. The quantitative estimate of drug-likeness (QED) is 0.882. The average Bonchev–Trinajstić information content (AvgIpc) is 2.31. The molecular formula is C13H19NO3S. The fourth-order valence-electron chi connectivity index (χ4n) is 2.68. The van der Waals surface area contributed by atoms with Gasteiger partial charge in [-0.1, -0.05) is 38.2 Å². The third kappa shape index (κ3) is 3.23. The van der Waals surface area contributed by atoms with Crippen molar-refractivity contribution in [2.75, 3.05) is 0 Å². The zero-order chi connectivity index (χ0) is 13.2. The predicted octanol–water partition coefficient (Wildman–Crippen LogP) is 2.16. The van der Waals surface area contributed by atoms with Crippen molar-refractivity contribution in [2.24, 2.45) is 11.1 Å². The third-order valence-corrected chi connectivity index (χ3v) is 4.58. The largest absolute Gasteiger partial charge is 0.508 e. The van der Waals surface area contributed by atoms with Crippen LogP contribution in [0.5, 0.6) is 5.75 Å². The number of sulfonamides is 1. The summed E-state index contributed by atoms with van der Waals surface area (Å²) in [7, 11) is -3.77. The van der Waals surface area contributed by atoms with Gasteiger partial charge >= 0.3 is 0 Å². The van der Waals surface area contributed by atoms with E-state index >= 15 is 0 Å². The highest BCUT2D eigenvalue weighted by atomic mass is 32.2. The van der Waals surface area contributed by atoms with Gasteiger partial charge in [-0.25, -0.2) is 13.6 Å². The summed E-state index contributed by atoms with van der Waals surface area (Å²) in [5.41, 5.74) is 0.724. The fourth-order valence-corrected chi connectivity index (χ4v) is 3.48. The summed E-state index contributed by atoms with van der Waals surface area (Å²) in [5.74, 6) is 0.468. The third-order valence-electron chi connectivity index (χ3n) is 3.59. The maximum Gasteiger partial charge on any atom is 0.238 e. The standard InChI is InChI=1S/C13H19NO3S/c14-18(16,17)13-9-12(15)7-6-11(13)8-10-4-2-1-3-5-10/h6-7,9-10,15H,1-5,8H2,(H2,14,16,17). The number of hydrogen-bond acceptors (Lipinski definition) is 3. The zero-order valence-electron chi connectivity index (χ0n) is 10.3. The highest BCUT2D eigenvalue weighted by Gasteiger charge is 2.19. The van der Waals surface area contributed by atoms with Crippen molar-refractivity contribution in [3.05, 3.63) is 23.8 Å². The lowest BCUT2D eigenvalue weighted by Gasteiger charge is -2.22. The van der Waals surface area contributed by atoms with Crippen molar-refractivity contribution in [2.45, 2.75) is 43.4 Å². The molecule has 1 aliphatic carbocycles. The average molecular weight is 269 g/mol. The Balaban J connectivity index is 2.26. The maximum atomic E-state index is 11.5. The molecule has 0 radical (unpaired) electrons. The molecule has 0 aromatic heterocycles. The number of primary sulfonamides is 1. The van der Waals surface area contributed by atoms with Crippen LogP contribution in [0.2, 0.25) is 0 Å². The molecule has 1 aliphatic rings. The van der Waals surface area contributed by atoms with Gasteiger partial charge in [0.1, 0.15) is 5.75 Å². The van der Waals surface area contributed by atoms with Gasteiger partial charge in [0.05, 0.1) is 4.90 Å². The smallest absolute Gasteiger partial charge is 0.238 e. The van der Waals surface area contributed by atoms with Gasteiger partial charge in [0.15, 0.2) is 0 Å². The molecule has 3 N–H and O–H groups in total. The van der Waals surface area contributed by atoms with E-state index in [0.29, 0.717) is 5.92 Å². The van der Waals surface area contributed by atoms with E-state index in [9.17, 15) is 13.5 Å². The minimum Gasteiger partial charge on any atom is -0.508 e. The van der Waals surface area contributed by atoms with Crippen molar-refractivity contribution >= 4 is 10.0 Å². The van der Waals surface area contributed by atoms with Crippen LogP contribution in [0.25, 0.3) is 0 Å². The Hall–Kier alpha value is -1.07. The van der Waals surface area contributed by atoms with Gasteiger partial charge in [-0.3, -0.25) is 0 Å². The fraction of sp³-hybridized carbons (Fsp3) is 0.538. The van der Waals surface area contributed by atoms with Crippen LogP contribution in [-0.4, -0.2) is 13.5 Å². The number of rotatable bonds is 3. The molecule has 1 saturated carbocycles. The Labute approximate surface area is 108 Å². The molecule has 1 aromatic carbocycles. The molecule has 0 heterocycles. The molecule has 0 atom stereocenters. The molecule has 5 heteroatoms. The Morgan fingerprint density at radius 1 is 1.22 bits per heavy atom. The van der Waals surface area contributed by atoms with E-state index in [-0.39, 0.29) is 10.6 Å². The summed E-state index contributed by atoms with van der Waals surface area (Å²) < 4.78 is 23.0. The van der Waals surface area contributed by atoms with Gasteiger partial charge in [0, 0.05) is 6.07 Å². The summed E-state index contributed by atoms with van der Waals surface area (Å²) in [5, 5.41) is 14.6. The lowest BCUT2D eigenvalue weighted by Crippen LogP contribution is -2.17. The number of nitrogens with two attached hydrogens (primary N) is 1. The first-order valence-corrected chi connectivity index (χ1v) is 7.86. The number of benzene rings is 1. The number of phenolic OH excluding ortho intramolecular Hbond substituents is 1. The van der Waals surface area contributed by atoms with E-state index in [0.717, 1.165) is 24.8 Å². The second kappa shape index (κ2) is 5.28. The van der Waals surface area contributed by atoms with Crippen LogP contribution in [0.1, 0.15) is 37.7 Å². The zero-order valence-corrected chi connectivity index (χ0v) is 11.1. The lowest BCUT2D eigenvalue weighted by molar-refractivity contribution is 0.355. The Morgan fingerprint density at radius 3 is 2.50 bits per heavy atom. The first-order chi connectivity index (χ1) is 8.47. The molecule has 1 fully saturated rings. The number of hydrogen-bond donors (Lipinski definition) is 2. The van der Waals surface area contributed by atoms with Crippen molar-refractivity contribution in [3.63, 3.8) is 0 Å². The highest BCUT2D eigenvalue weighted by Crippen LogP contribution is 2.30. The molecule has 0 bridgehead atoms. The second-order valence-corrected chi connectivity index (χ2v) is 6.58. The Morgan fingerprint density at radius 2 is 1.89 bits per heavy atom. The van der Waals surface area contributed by atoms with Crippen LogP contribution in [-0.2, 0) is 16.4 Å². The van der Waals surface area contributed by atoms with Crippen LogP contribution < -0.4 is 5.14 Å². The van der Waals surface area contributed by atoms with Crippen molar-refractivity contribution in [1.29, 1.82) is 0 Å².